The first-order valence-electron chi connectivity index (χ1n) is 7.40. The van der Waals surface area contributed by atoms with Crippen LogP contribution in [0.4, 0.5) is 10.1 Å². The molecule has 1 saturated carbocycles. The third-order valence-corrected chi connectivity index (χ3v) is 3.89. The molecule has 4 heteroatoms. The Morgan fingerprint density at radius 2 is 2.10 bits per heavy atom. The molecule has 1 fully saturated rings. The number of hydrogen-bond acceptors (Lipinski definition) is 3. The van der Waals surface area contributed by atoms with Crippen LogP contribution >= 0.6 is 0 Å². The molecule has 1 aliphatic carbocycles. The Bertz CT molecular complexity index is 619. The van der Waals surface area contributed by atoms with Gasteiger partial charge in [-0.1, -0.05) is 12.1 Å². The van der Waals surface area contributed by atoms with Crippen molar-refractivity contribution in [1.29, 1.82) is 0 Å². The molecule has 1 aromatic heterocycles. The molecule has 1 aliphatic rings. The van der Waals surface area contributed by atoms with E-state index in [1.807, 2.05) is 24.9 Å². The van der Waals surface area contributed by atoms with Gasteiger partial charge in [-0.15, -0.1) is 0 Å². The fraction of sp³-hybridized carbons (Fsp3) is 0.412. The summed E-state index contributed by atoms with van der Waals surface area (Å²) >= 11 is 0. The van der Waals surface area contributed by atoms with Crippen molar-refractivity contribution < 1.29 is 8.81 Å². The van der Waals surface area contributed by atoms with Crippen LogP contribution in [-0.4, -0.2) is 13.1 Å². The predicted molar refractivity (Wildman–Crippen MR) is 81.8 cm³/mol. The number of para-hydroxylation sites is 1. The second-order valence-corrected chi connectivity index (χ2v) is 5.76. The maximum absolute atomic E-state index is 13.8. The van der Waals surface area contributed by atoms with E-state index in [2.05, 4.69) is 11.4 Å². The van der Waals surface area contributed by atoms with Crippen LogP contribution in [0.15, 0.2) is 34.7 Å². The monoisotopic (exact) mass is 288 g/mol. The molecular formula is C17H21FN2O. The first kappa shape index (κ1) is 14.1. The lowest BCUT2D eigenvalue weighted by molar-refractivity contribution is 0.459. The van der Waals surface area contributed by atoms with Crippen molar-refractivity contribution in [2.45, 2.75) is 38.9 Å². The van der Waals surface area contributed by atoms with Crippen LogP contribution in [0.3, 0.4) is 0 Å². The van der Waals surface area contributed by atoms with Crippen molar-refractivity contribution in [2.75, 3.05) is 11.9 Å². The molecular weight excluding hydrogens is 267 g/mol. The molecule has 3 rings (SSSR count). The summed E-state index contributed by atoms with van der Waals surface area (Å²) in [5.41, 5.74) is 1.71. The summed E-state index contributed by atoms with van der Waals surface area (Å²) in [6.45, 7) is 3.37. The van der Waals surface area contributed by atoms with Crippen molar-refractivity contribution in [3.8, 4) is 0 Å². The quantitative estimate of drug-likeness (QED) is 0.880. The molecule has 0 radical (unpaired) electrons. The number of benzene rings is 1. The summed E-state index contributed by atoms with van der Waals surface area (Å²) < 4.78 is 19.6. The van der Waals surface area contributed by atoms with Crippen molar-refractivity contribution in [3.05, 3.63) is 53.2 Å². The van der Waals surface area contributed by atoms with Gasteiger partial charge < -0.3 is 14.6 Å². The molecule has 0 atom stereocenters. The van der Waals surface area contributed by atoms with Crippen molar-refractivity contribution in [1.82, 2.24) is 5.32 Å². The minimum atomic E-state index is -0.197. The van der Waals surface area contributed by atoms with Gasteiger partial charge in [0.1, 0.15) is 17.3 Å². The molecule has 0 aliphatic heterocycles. The number of anilines is 1. The highest BCUT2D eigenvalue weighted by Gasteiger charge is 2.21. The average Bonchev–Trinajstić information content (AvgIpc) is 3.22. The molecule has 1 heterocycles. The summed E-state index contributed by atoms with van der Waals surface area (Å²) in [4.78, 5) is 1.91. The third-order valence-electron chi connectivity index (χ3n) is 3.89. The van der Waals surface area contributed by atoms with Gasteiger partial charge in [-0.05, 0) is 38.0 Å². The van der Waals surface area contributed by atoms with Gasteiger partial charge in [-0.3, -0.25) is 0 Å². The number of halogens is 1. The lowest BCUT2D eigenvalue weighted by Gasteiger charge is -2.19. The number of nitrogens with zero attached hydrogens (tertiary/aromatic N) is 1. The Morgan fingerprint density at radius 1 is 1.33 bits per heavy atom. The maximum atomic E-state index is 13.8. The van der Waals surface area contributed by atoms with Gasteiger partial charge in [-0.25, -0.2) is 4.39 Å². The van der Waals surface area contributed by atoms with Crippen LogP contribution in [0.1, 0.15) is 29.9 Å². The number of rotatable bonds is 6. The lowest BCUT2D eigenvalue weighted by Crippen LogP contribution is -2.17. The molecule has 2 aromatic rings. The van der Waals surface area contributed by atoms with E-state index in [9.17, 15) is 4.39 Å². The molecule has 0 amide bonds. The van der Waals surface area contributed by atoms with Gasteiger partial charge in [0, 0.05) is 25.2 Å². The topological polar surface area (TPSA) is 28.4 Å². The lowest BCUT2D eigenvalue weighted by atomic mass is 10.2. The molecule has 1 N–H and O–H groups in total. The van der Waals surface area contributed by atoms with Gasteiger partial charge in [0.05, 0.1) is 12.2 Å². The summed E-state index contributed by atoms with van der Waals surface area (Å²) in [6, 6.07) is 9.57. The van der Waals surface area contributed by atoms with E-state index in [0.717, 1.165) is 23.6 Å². The van der Waals surface area contributed by atoms with Crippen LogP contribution in [0, 0.1) is 12.7 Å². The van der Waals surface area contributed by atoms with E-state index < -0.39 is 0 Å². The van der Waals surface area contributed by atoms with Crippen molar-refractivity contribution >= 4 is 5.69 Å². The summed E-state index contributed by atoms with van der Waals surface area (Å²) in [5.74, 6) is 1.67. The largest absolute Gasteiger partial charge is 0.465 e. The highest BCUT2D eigenvalue weighted by atomic mass is 19.1. The predicted octanol–water partition coefficient (Wildman–Crippen LogP) is 3.62. The Kier molecular flexibility index (Phi) is 3.97. The fourth-order valence-electron chi connectivity index (χ4n) is 2.47. The average molecular weight is 288 g/mol. The number of hydrogen-bond donors (Lipinski definition) is 1. The van der Waals surface area contributed by atoms with Gasteiger partial charge in [-0.2, -0.15) is 0 Å². The highest BCUT2D eigenvalue weighted by molar-refractivity contribution is 5.47. The van der Waals surface area contributed by atoms with E-state index in [1.54, 1.807) is 12.1 Å². The summed E-state index contributed by atoms with van der Waals surface area (Å²) in [6.07, 6.45) is 2.53. The first-order valence-corrected chi connectivity index (χ1v) is 7.40. The third kappa shape index (κ3) is 3.45. The Morgan fingerprint density at radius 3 is 2.81 bits per heavy atom. The molecule has 0 saturated heterocycles. The normalized spacial score (nSPS) is 14.4. The second kappa shape index (κ2) is 5.90. The number of furan rings is 1. The van der Waals surface area contributed by atoms with Gasteiger partial charge in [0.2, 0.25) is 0 Å². The zero-order chi connectivity index (χ0) is 14.8. The van der Waals surface area contributed by atoms with Crippen molar-refractivity contribution in [2.24, 2.45) is 0 Å². The van der Waals surface area contributed by atoms with Crippen LogP contribution in [-0.2, 0) is 13.1 Å². The second-order valence-electron chi connectivity index (χ2n) is 5.76. The van der Waals surface area contributed by atoms with E-state index in [0.29, 0.717) is 18.3 Å². The van der Waals surface area contributed by atoms with Crippen LogP contribution in [0.2, 0.25) is 0 Å². The van der Waals surface area contributed by atoms with Crippen LogP contribution in [0.5, 0.6) is 0 Å². The molecule has 0 bridgehead atoms. The minimum absolute atomic E-state index is 0.197. The Hall–Kier alpha value is -1.81. The van der Waals surface area contributed by atoms with Gasteiger partial charge in [0.25, 0.3) is 0 Å². The SMILES string of the molecule is Cc1oc(CNC2CC2)cc1CN(C)c1ccccc1F. The number of aryl methyl sites for hydroxylation is 1. The van der Waals surface area contributed by atoms with E-state index >= 15 is 0 Å². The molecule has 21 heavy (non-hydrogen) atoms. The first-order chi connectivity index (χ1) is 10.1. The van der Waals surface area contributed by atoms with Gasteiger partial charge >= 0.3 is 0 Å². The van der Waals surface area contributed by atoms with Gasteiger partial charge in [0.15, 0.2) is 0 Å². The van der Waals surface area contributed by atoms with E-state index in [4.69, 9.17) is 4.42 Å². The molecule has 0 unspecified atom stereocenters. The molecule has 112 valence electrons. The summed E-state index contributed by atoms with van der Waals surface area (Å²) in [7, 11) is 1.90. The fourth-order valence-corrected chi connectivity index (χ4v) is 2.47. The van der Waals surface area contributed by atoms with E-state index in [1.165, 1.54) is 18.9 Å². The zero-order valence-electron chi connectivity index (χ0n) is 12.5. The zero-order valence-corrected chi connectivity index (χ0v) is 12.5. The van der Waals surface area contributed by atoms with Crippen LogP contribution in [0.25, 0.3) is 0 Å². The standard InChI is InChI=1S/C17H21FN2O/c1-12-13(9-15(21-12)10-19-14-7-8-14)11-20(2)17-6-4-3-5-16(17)18/h3-6,9,14,19H,7-8,10-11H2,1-2H3. The Balaban J connectivity index is 1.67. The smallest absolute Gasteiger partial charge is 0.146 e. The number of nitrogens with one attached hydrogen (secondary N) is 1. The minimum Gasteiger partial charge on any atom is -0.465 e. The van der Waals surface area contributed by atoms with Crippen LogP contribution < -0.4 is 10.2 Å². The molecule has 3 nitrogen and oxygen atoms in total. The van der Waals surface area contributed by atoms with E-state index in [-0.39, 0.29) is 5.82 Å². The Labute approximate surface area is 124 Å². The summed E-state index contributed by atoms with van der Waals surface area (Å²) in [5, 5.41) is 3.44. The van der Waals surface area contributed by atoms with Crippen molar-refractivity contribution in [3.63, 3.8) is 0 Å². The molecule has 0 spiro atoms. The highest BCUT2D eigenvalue weighted by Crippen LogP contribution is 2.23. The molecule has 1 aromatic carbocycles. The maximum Gasteiger partial charge on any atom is 0.146 e.